The number of carbonyl (C=O) groups excluding carboxylic acids is 2. The van der Waals surface area contributed by atoms with Crippen LogP contribution in [0.5, 0.6) is 0 Å². The molecule has 1 aromatic carbocycles. The second kappa shape index (κ2) is 7.73. The summed E-state index contributed by atoms with van der Waals surface area (Å²) in [4.78, 5) is 23.0. The first kappa shape index (κ1) is 17.9. The molecule has 120 valence electrons. The Labute approximate surface area is 132 Å². The van der Waals surface area contributed by atoms with E-state index in [9.17, 15) is 9.59 Å². The molecular weight excluding hydrogens is 278 g/mol. The van der Waals surface area contributed by atoms with Crippen LogP contribution in [0.4, 0.5) is 0 Å². The maximum atomic E-state index is 11.5. The van der Waals surface area contributed by atoms with Gasteiger partial charge >= 0.3 is 11.8 Å². The van der Waals surface area contributed by atoms with E-state index >= 15 is 0 Å². The van der Waals surface area contributed by atoms with Crippen LogP contribution in [0.3, 0.4) is 0 Å². The van der Waals surface area contributed by atoms with Crippen LogP contribution in [-0.2, 0) is 15.0 Å². The van der Waals surface area contributed by atoms with Crippen LogP contribution in [0.1, 0.15) is 52.2 Å². The van der Waals surface area contributed by atoms with Gasteiger partial charge in [0, 0.05) is 6.04 Å². The first-order chi connectivity index (χ1) is 10.2. The van der Waals surface area contributed by atoms with Crippen molar-refractivity contribution in [2.24, 2.45) is 5.10 Å². The molecule has 0 aliphatic heterocycles. The van der Waals surface area contributed by atoms with Crippen LogP contribution in [0.25, 0.3) is 0 Å². The average Bonchev–Trinajstić information content (AvgIpc) is 2.46. The van der Waals surface area contributed by atoms with Gasteiger partial charge in [-0.15, -0.1) is 0 Å². The minimum atomic E-state index is -0.761. The average molecular weight is 303 g/mol. The molecule has 0 aromatic heterocycles. The lowest BCUT2D eigenvalue weighted by molar-refractivity contribution is -0.139. The topological polar surface area (TPSA) is 70.6 Å². The van der Waals surface area contributed by atoms with Crippen molar-refractivity contribution in [2.75, 3.05) is 0 Å². The van der Waals surface area contributed by atoms with Crippen molar-refractivity contribution in [2.45, 2.75) is 52.5 Å². The zero-order valence-electron chi connectivity index (χ0n) is 13.9. The molecule has 22 heavy (non-hydrogen) atoms. The van der Waals surface area contributed by atoms with E-state index in [0.717, 1.165) is 12.0 Å². The number of benzene rings is 1. The maximum Gasteiger partial charge on any atom is 0.329 e. The number of carbonyl (C=O) groups is 2. The van der Waals surface area contributed by atoms with Crippen molar-refractivity contribution in [1.29, 1.82) is 0 Å². The molecule has 1 aromatic rings. The van der Waals surface area contributed by atoms with Gasteiger partial charge in [-0.3, -0.25) is 9.59 Å². The second-order valence-corrected chi connectivity index (χ2v) is 6.35. The molecule has 5 nitrogen and oxygen atoms in total. The molecule has 0 bridgehead atoms. The minimum Gasteiger partial charge on any atom is -0.345 e. The summed E-state index contributed by atoms with van der Waals surface area (Å²) in [6, 6.07) is 7.87. The van der Waals surface area contributed by atoms with E-state index in [1.807, 2.05) is 38.1 Å². The summed E-state index contributed by atoms with van der Waals surface area (Å²) in [5.74, 6) is -1.43. The normalized spacial score (nSPS) is 13.0. The number of nitrogens with zero attached hydrogens (tertiary/aromatic N) is 1. The Morgan fingerprint density at radius 1 is 1.18 bits per heavy atom. The molecule has 2 amide bonds. The summed E-state index contributed by atoms with van der Waals surface area (Å²) >= 11 is 0. The van der Waals surface area contributed by atoms with Crippen LogP contribution >= 0.6 is 0 Å². The molecule has 0 aliphatic carbocycles. The molecule has 0 aliphatic rings. The van der Waals surface area contributed by atoms with E-state index in [1.54, 1.807) is 0 Å². The molecule has 0 saturated carbocycles. The molecule has 0 spiro atoms. The molecule has 1 rings (SSSR count). The molecule has 0 fully saturated rings. The second-order valence-electron chi connectivity index (χ2n) is 6.35. The quantitative estimate of drug-likeness (QED) is 0.509. The minimum absolute atomic E-state index is 0.0350. The molecular formula is C17H25N3O2. The number of hydrogen-bond donors (Lipinski definition) is 2. The summed E-state index contributed by atoms with van der Waals surface area (Å²) in [7, 11) is 0. The number of rotatable bonds is 4. The van der Waals surface area contributed by atoms with Crippen molar-refractivity contribution < 1.29 is 9.59 Å². The highest BCUT2D eigenvalue weighted by Crippen LogP contribution is 2.21. The van der Waals surface area contributed by atoms with E-state index in [2.05, 4.69) is 36.6 Å². The molecule has 0 heterocycles. The van der Waals surface area contributed by atoms with E-state index in [-0.39, 0.29) is 11.5 Å². The number of hydrazone groups is 1. The Bertz CT molecular complexity index is 542. The standard InChI is InChI=1S/C17H25N3O2/c1-6-12(2)19-15(21)16(22)20-18-11-13-7-9-14(10-8-13)17(3,4)5/h7-12H,6H2,1-5H3,(H,19,21)(H,20,22)/b18-11-/t12-/m0/s1. The van der Waals surface area contributed by atoms with E-state index in [4.69, 9.17) is 0 Å². The van der Waals surface area contributed by atoms with Gasteiger partial charge in [-0.05, 0) is 29.9 Å². The zero-order valence-corrected chi connectivity index (χ0v) is 13.9. The maximum absolute atomic E-state index is 11.5. The Hall–Kier alpha value is -2.17. The van der Waals surface area contributed by atoms with Crippen molar-refractivity contribution in [1.82, 2.24) is 10.7 Å². The molecule has 5 heteroatoms. The summed E-state index contributed by atoms with van der Waals surface area (Å²) < 4.78 is 0. The van der Waals surface area contributed by atoms with Crippen molar-refractivity contribution in [3.8, 4) is 0 Å². The third-order valence-corrected chi connectivity index (χ3v) is 3.35. The Balaban J connectivity index is 2.55. The van der Waals surface area contributed by atoms with Crippen molar-refractivity contribution in [3.63, 3.8) is 0 Å². The third kappa shape index (κ3) is 5.68. The Morgan fingerprint density at radius 3 is 2.27 bits per heavy atom. The first-order valence-electron chi connectivity index (χ1n) is 7.48. The highest BCUT2D eigenvalue weighted by molar-refractivity contribution is 6.35. The van der Waals surface area contributed by atoms with Gasteiger partial charge in [0.25, 0.3) is 0 Å². The molecule has 0 saturated heterocycles. The van der Waals surface area contributed by atoms with Gasteiger partial charge in [0.15, 0.2) is 0 Å². The fourth-order valence-electron chi connectivity index (χ4n) is 1.68. The molecule has 1 atom stereocenters. The highest BCUT2D eigenvalue weighted by atomic mass is 16.2. The van der Waals surface area contributed by atoms with Gasteiger partial charge in [0.2, 0.25) is 0 Å². The molecule has 0 radical (unpaired) electrons. The van der Waals surface area contributed by atoms with Crippen molar-refractivity contribution in [3.05, 3.63) is 35.4 Å². The number of hydrogen-bond acceptors (Lipinski definition) is 3. The van der Waals surface area contributed by atoms with E-state index in [0.29, 0.717) is 0 Å². The van der Waals surface area contributed by atoms with Crippen LogP contribution in [0, 0.1) is 0 Å². The summed E-state index contributed by atoms with van der Waals surface area (Å²) in [6.45, 7) is 10.2. The molecule has 2 N–H and O–H groups in total. The van der Waals surface area contributed by atoms with Crippen LogP contribution in [0.2, 0.25) is 0 Å². The lowest BCUT2D eigenvalue weighted by atomic mass is 9.87. The Kier molecular flexibility index (Phi) is 6.28. The predicted octanol–water partition coefficient (Wildman–Crippen LogP) is 2.35. The summed E-state index contributed by atoms with van der Waals surface area (Å²) in [6.07, 6.45) is 2.28. The summed E-state index contributed by atoms with van der Waals surface area (Å²) in [5, 5.41) is 6.38. The largest absolute Gasteiger partial charge is 0.345 e. The summed E-state index contributed by atoms with van der Waals surface area (Å²) in [5.41, 5.74) is 4.40. The van der Waals surface area contributed by atoms with Gasteiger partial charge < -0.3 is 5.32 Å². The molecule has 0 unspecified atom stereocenters. The van der Waals surface area contributed by atoms with Gasteiger partial charge in [-0.2, -0.15) is 5.10 Å². The van der Waals surface area contributed by atoms with E-state index in [1.165, 1.54) is 11.8 Å². The number of amides is 2. The Morgan fingerprint density at radius 2 is 1.77 bits per heavy atom. The van der Waals surface area contributed by atoms with Gasteiger partial charge in [0.05, 0.1) is 6.21 Å². The van der Waals surface area contributed by atoms with Crippen molar-refractivity contribution >= 4 is 18.0 Å². The van der Waals surface area contributed by atoms with Gasteiger partial charge in [0.1, 0.15) is 0 Å². The van der Waals surface area contributed by atoms with E-state index < -0.39 is 11.8 Å². The monoisotopic (exact) mass is 303 g/mol. The third-order valence-electron chi connectivity index (χ3n) is 3.35. The van der Waals surface area contributed by atoms with Crippen LogP contribution in [-0.4, -0.2) is 24.1 Å². The lowest BCUT2D eigenvalue weighted by Gasteiger charge is -2.18. The smallest absolute Gasteiger partial charge is 0.329 e. The number of nitrogens with one attached hydrogen (secondary N) is 2. The lowest BCUT2D eigenvalue weighted by Crippen LogP contribution is -2.41. The van der Waals surface area contributed by atoms with Crippen LogP contribution < -0.4 is 10.7 Å². The van der Waals surface area contributed by atoms with Gasteiger partial charge in [-0.25, -0.2) is 5.43 Å². The first-order valence-corrected chi connectivity index (χ1v) is 7.48. The van der Waals surface area contributed by atoms with Crippen LogP contribution in [0.15, 0.2) is 29.4 Å². The fraction of sp³-hybridized carbons (Fsp3) is 0.471. The predicted molar refractivity (Wildman–Crippen MR) is 88.8 cm³/mol. The zero-order chi connectivity index (χ0) is 16.8. The van der Waals surface area contributed by atoms with Gasteiger partial charge in [-0.1, -0.05) is 52.0 Å². The highest BCUT2D eigenvalue weighted by Gasteiger charge is 2.14. The fourth-order valence-corrected chi connectivity index (χ4v) is 1.68. The SMILES string of the molecule is CC[C@H](C)NC(=O)C(=O)N/N=C\c1ccc(C(C)(C)C)cc1.